The van der Waals surface area contributed by atoms with Crippen LogP contribution >= 0.6 is 34.8 Å². The quantitative estimate of drug-likeness (QED) is 0.369. The molecule has 0 aromatic heterocycles. The number of benzene rings is 3. The number of aryl methyl sites for hydroxylation is 1. The SMILES string of the molecule is COc1cc(CNc2cc(C(=O)O)ccc2C)cc(Cl)c1OCc1ccc(Cl)cc1Cl. The molecule has 8 heteroatoms. The molecule has 3 rings (SSSR count). The molecule has 0 fully saturated rings. The number of hydrogen-bond donors (Lipinski definition) is 2. The molecule has 0 radical (unpaired) electrons. The summed E-state index contributed by atoms with van der Waals surface area (Å²) in [7, 11) is 1.53. The zero-order valence-electron chi connectivity index (χ0n) is 16.8. The van der Waals surface area contributed by atoms with Crippen molar-refractivity contribution in [3.05, 3.63) is 85.9 Å². The largest absolute Gasteiger partial charge is 0.493 e. The lowest BCUT2D eigenvalue weighted by molar-refractivity contribution is 0.0697. The topological polar surface area (TPSA) is 67.8 Å². The fourth-order valence-corrected chi connectivity index (χ4v) is 3.70. The first-order valence-corrected chi connectivity index (χ1v) is 10.4. The lowest BCUT2D eigenvalue weighted by atomic mass is 10.1. The molecule has 0 aliphatic heterocycles. The average Bonchev–Trinajstić information content (AvgIpc) is 2.73. The third kappa shape index (κ3) is 5.76. The summed E-state index contributed by atoms with van der Waals surface area (Å²) in [5.74, 6) is -0.0940. The van der Waals surface area contributed by atoms with Crippen LogP contribution in [0.2, 0.25) is 15.1 Å². The Hall–Kier alpha value is -2.60. The normalized spacial score (nSPS) is 10.6. The van der Waals surface area contributed by atoms with Crippen LogP contribution in [0.15, 0.2) is 48.5 Å². The predicted molar refractivity (Wildman–Crippen MR) is 124 cm³/mol. The number of ether oxygens (including phenoxy) is 2. The van der Waals surface area contributed by atoms with Gasteiger partial charge in [0, 0.05) is 27.8 Å². The monoisotopic (exact) mass is 479 g/mol. The van der Waals surface area contributed by atoms with Crippen molar-refractivity contribution in [3.8, 4) is 11.5 Å². The molecule has 0 bridgehead atoms. The van der Waals surface area contributed by atoms with Crippen molar-refractivity contribution in [1.82, 2.24) is 0 Å². The molecule has 5 nitrogen and oxygen atoms in total. The van der Waals surface area contributed by atoms with Gasteiger partial charge >= 0.3 is 5.97 Å². The minimum Gasteiger partial charge on any atom is -0.493 e. The second-order valence-electron chi connectivity index (χ2n) is 6.82. The standard InChI is InChI=1S/C23H20Cl3NO4/c1-13-3-4-15(23(28)29)9-20(13)27-11-14-7-19(26)22(21(8-14)30-2)31-12-16-5-6-17(24)10-18(16)25/h3-10,27H,11-12H2,1-2H3,(H,28,29). The van der Waals surface area contributed by atoms with Gasteiger partial charge < -0.3 is 19.9 Å². The number of nitrogens with one attached hydrogen (secondary N) is 1. The fourth-order valence-electron chi connectivity index (χ4n) is 2.95. The van der Waals surface area contributed by atoms with Gasteiger partial charge in [0.05, 0.1) is 17.7 Å². The Balaban J connectivity index is 1.76. The zero-order valence-corrected chi connectivity index (χ0v) is 19.1. The Morgan fingerprint density at radius 1 is 1.03 bits per heavy atom. The Morgan fingerprint density at radius 2 is 1.81 bits per heavy atom. The van der Waals surface area contributed by atoms with Gasteiger partial charge in [-0.05, 0) is 54.4 Å². The van der Waals surface area contributed by atoms with E-state index in [0.717, 1.165) is 22.4 Å². The number of anilines is 1. The van der Waals surface area contributed by atoms with Crippen LogP contribution < -0.4 is 14.8 Å². The lowest BCUT2D eigenvalue weighted by Gasteiger charge is -2.16. The summed E-state index contributed by atoms with van der Waals surface area (Å²) >= 11 is 18.6. The van der Waals surface area contributed by atoms with E-state index >= 15 is 0 Å². The average molecular weight is 481 g/mol. The van der Waals surface area contributed by atoms with Gasteiger partial charge in [0.15, 0.2) is 11.5 Å². The first-order chi connectivity index (χ1) is 14.8. The Bertz CT molecular complexity index is 1120. The van der Waals surface area contributed by atoms with Crippen LogP contribution in [0.1, 0.15) is 27.0 Å². The lowest BCUT2D eigenvalue weighted by Crippen LogP contribution is -2.05. The molecule has 0 spiro atoms. The summed E-state index contributed by atoms with van der Waals surface area (Å²) in [5, 5.41) is 13.9. The maximum atomic E-state index is 11.2. The van der Waals surface area contributed by atoms with Crippen LogP contribution in [-0.4, -0.2) is 18.2 Å². The maximum Gasteiger partial charge on any atom is 0.335 e. The maximum absolute atomic E-state index is 11.2. The molecule has 0 atom stereocenters. The van der Waals surface area contributed by atoms with Gasteiger partial charge in [0.25, 0.3) is 0 Å². The van der Waals surface area contributed by atoms with Crippen molar-refractivity contribution in [2.24, 2.45) is 0 Å². The highest BCUT2D eigenvalue weighted by Crippen LogP contribution is 2.37. The number of aromatic carboxylic acids is 1. The molecule has 2 N–H and O–H groups in total. The number of carbonyl (C=O) groups is 1. The molecular weight excluding hydrogens is 461 g/mol. The summed E-state index contributed by atoms with van der Waals surface area (Å²) in [6.45, 7) is 2.52. The number of halogens is 3. The Morgan fingerprint density at radius 3 is 2.48 bits per heavy atom. The highest BCUT2D eigenvalue weighted by atomic mass is 35.5. The van der Waals surface area contributed by atoms with Gasteiger partial charge in [-0.3, -0.25) is 0 Å². The molecule has 3 aromatic rings. The van der Waals surface area contributed by atoms with E-state index in [9.17, 15) is 9.90 Å². The molecule has 162 valence electrons. The van der Waals surface area contributed by atoms with Crippen molar-refractivity contribution in [2.45, 2.75) is 20.1 Å². The predicted octanol–water partition coefficient (Wildman–Crippen LogP) is 6.85. The van der Waals surface area contributed by atoms with Crippen molar-refractivity contribution in [2.75, 3.05) is 12.4 Å². The number of carboxylic acid groups (broad SMARTS) is 1. The molecule has 0 saturated carbocycles. The van der Waals surface area contributed by atoms with Crippen molar-refractivity contribution >= 4 is 46.5 Å². The third-order valence-corrected chi connectivity index (χ3v) is 5.51. The third-order valence-electron chi connectivity index (χ3n) is 4.64. The van der Waals surface area contributed by atoms with Crippen LogP contribution in [0.3, 0.4) is 0 Å². The zero-order chi connectivity index (χ0) is 22.5. The van der Waals surface area contributed by atoms with Gasteiger partial charge in [-0.2, -0.15) is 0 Å². The minimum atomic E-state index is -0.977. The molecule has 0 amide bonds. The van der Waals surface area contributed by atoms with E-state index in [4.69, 9.17) is 44.3 Å². The second kappa shape index (κ2) is 10.1. The number of methoxy groups -OCH3 is 1. The molecule has 0 aliphatic carbocycles. The van der Waals surface area contributed by atoms with E-state index in [1.807, 2.05) is 13.0 Å². The number of rotatable bonds is 8. The smallest absolute Gasteiger partial charge is 0.335 e. The van der Waals surface area contributed by atoms with Crippen molar-refractivity contribution in [1.29, 1.82) is 0 Å². The van der Waals surface area contributed by atoms with Crippen LogP contribution in [0.25, 0.3) is 0 Å². The van der Waals surface area contributed by atoms with Gasteiger partial charge in [-0.15, -0.1) is 0 Å². The first-order valence-electron chi connectivity index (χ1n) is 9.29. The van der Waals surface area contributed by atoms with E-state index in [1.165, 1.54) is 7.11 Å². The van der Waals surface area contributed by atoms with E-state index in [1.54, 1.807) is 42.5 Å². The van der Waals surface area contributed by atoms with Gasteiger partial charge in [-0.25, -0.2) is 4.79 Å². The van der Waals surface area contributed by atoms with Crippen LogP contribution in [-0.2, 0) is 13.2 Å². The summed E-state index contributed by atoms with van der Waals surface area (Å²) < 4.78 is 11.3. The highest BCUT2D eigenvalue weighted by Gasteiger charge is 2.14. The van der Waals surface area contributed by atoms with Gasteiger partial charge in [0.2, 0.25) is 0 Å². The summed E-state index contributed by atoms with van der Waals surface area (Å²) in [6.07, 6.45) is 0. The molecule has 31 heavy (non-hydrogen) atoms. The van der Waals surface area contributed by atoms with Crippen molar-refractivity contribution < 1.29 is 19.4 Å². The van der Waals surface area contributed by atoms with Crippen molar-refractivity contribution in [3.63, 3.8) is 0 Å². The number of carboxylic acids is 1. The Labute approximate surface area is 195 Å². The highest BCUT2D eigenvalue weighted by molar-refractivity contribution is 6.35. The molecule has 0 heterocycles. The molecule has 0 unspecified atom stereocenters. The van der Waals surface area contributed by atoms with Crippen LogP contribution in [0.5, 0.6) is 11.5 Å². The number of hydrogen-bond acceptors (Lipinski definition) is 4. The second-order valence-corrected chi connectivity index (χ2v) is 8.07. The van der Waals surface area contributed by atoms with Crippen LogP contribution in [0.4, 0.5) is 5.69 Å². The summed E-state index contributed by atoms with van der Waals surface area (Å²) in [6, 6.07) is 13.7. The van der Waals surface area contributed by atoms with Gasteiger partial charge in [-0.1, -0.05) is 46.9 Å². The van der Waals surface area contributed by atoms with E-state index in [-0.39, 0.29) is 12.2 Å². The van der Waals surface area contributed by atoms with E-state index in [0.29, 0.717) is 33.1 Å². The van der Waals surface area contributed by atoms with Gasteiger partial charge in [0.1, 0.15) is 6.61 Å². The first kappa shape index (κ1) is 23.1. The molecule has 3 aromatic carbocycles. The molecular formula is C23H20Cl3NO4. The minimum absolute atomic E-state index is 0.199. The summed E-state index contributed by atoms with van der Waals surface area (Å²) in [4.78, 5) is 11.2. The fraction of sp³-hybridized carbons (Fsp3) is 0.174. The molecule has 0 aliphatic rings. The van der Waals surface area contributed by atoms with E-state index in [2.05, 4.69) is 5.32 Å². The summed E-state index contributed by atoms with van der Waals surface area (Å²) in [5.41, 5.74) is 3.49. The van der Waals surface area contributed by atoms with Crippen LogP contribution in [0, 0.1) is 6.92 Å². The Kier molecular flexibility index (Phi) is 7.55. The van der Waals surface area contributed by atoms with E-state index < -0.39 is 5.97 Å². The molecule has 0 saturated heterocycles.